The molecule has 7 heteroatoms. The van der Waals surface area contributed by atoms with E-state index in [4.69, 9.17) is 23.8 Å². The summed E-state index contributed by atoms with van der Waals surface area (Å²) in [6.07, 6.45) is 3.47. The minimum atomic E-state index is -0.540. The van der Waals surface area contributed by atoms with Crippen LogP contribution in [0, 0.1) is 13.8 Å². The molecular formula is C23H18ClN3O2S. The molecule has 0 radical (unpaired) electrons. The Morgan fingerprint density at radius 1 is 0.967 bits per heavy atom. The molecule has 2 amide bonds. The number of aryl methyl sites for hydroxylation is 1. The normalized spacial score (nSPS) is 15.6. The number of hydrogen-bond donors (Lipinski definition) is 1. The van der Waals surface area contributed by atoms with Crippen LogP contribution in [0.15, 0.2) is 66.4 Å². The van der Waals surface area contributed by atoms with Gasteiger partial charge < -0.3 is 4.57 Å². The van der Waals surface area contributed by atoms with Crippen molar-refractivity contribution < 1.29 is 9.59 Å². The van der Waals surface area contributed by atoms with Gasteiger partial charge in [-0.15, -0.1) is 0 Å². The number of carbonyl (C=O) groups excluding carboxylic acids is 2. The highest BCUT2D eigenvalue weighted by Crippen LogP contribution is 2.29. The molecule has 1 aliphatic rings. The molecule has 1 aliphatic heterocycles. The maximum absolute atomic E-state index is 13.2. The van der Waals surface area contributed by atoms with Crippen LogP contribution in [0.5, 0.6) is 0 Å². The summed E-state index contributed by atoms with van der Waals surface area (Å²) in [7, 11) is 0. The van der Waals surface area contributed by atoms with Crippen LogP contribution in [0.3, 0.4) is 0 Å². The smallest absolute Gasteiger partial charge is 0.270 e. The summed E-state index contributed by atoms with van der Waals surface area (Å²) in [6, 6.07) is 16.6. The fraction of sp³-hybridized carbons (Fsp3) is 0.0870. The van der Waals surface area contributed by atoms with Gasteiger partial charge in [-0.3, -0.25) is 19.8 Å². The second kappa shape index (κ2) is 7.89. The third-order valence-electron chi connectivity index (χ3n) is 5.10. The number of aromatic nitrogens is 1. The molecule has 0 saturated carbocycles. The molecule has 30 heavy (non-hydrogen) atoms. The largest absolute Gasteiger partial charge is 0.317 e. The molecule has 150 valence electrons. The fourth-order valence-corrected chi connectivity index (χ4v) is 3.88. The summed E-state index contributed by atoms with van der Waals surface area (Å²) >= 11 is 11.5. The third kappa shape index (κ3) is 3.44. The summed E-state index contributed by atoms with van der Waals surface area (Å²) in [5, 5.41) is 2.95. The first-order valence-electron chi connectivity index (χ1n) is 9.28. The Morgan fingerprint density at radius 2 is 1.70 bits per heavy atom. The van der Waals surface area contributed by atoms with Crippen molar-refractivity contribution in [2.45, 2.75) is 13.8 Å². The number of carbonyl (C=O) groups is 2. The van der Waals surface area contributed by atoms with Gasteiger partial charge in [-0.25, -0.2) is 0 Å². The molecule has 0 unspecified atom stereocenters. The minimum Gasteiger partial charge on any atom is -0.317 e. The van der Waals surface area contributed by atoms with E-state index in [0.29, 0.717) is 16.4 Å². The quantitative estimate of drug-likeness (QED) is 0.372. The molecule has 0 aliphatic carbocycles. The van der Waals surface area contributed by atoms with Crippen molar-refractivity contribution in [1.29, 1.82) is 0 Å². The van der Waals surface area contributed by atoms with Gasteiger partial charge in [0, 0.05) is 17.6 Å². The van der Waals surface area contributed by atoms with E-state index in [1.54, 1.807) is 30.3 Å². The van der Waals surface area contributed by atoms with E-state index in [0.717, 1.165) is 16.8 Å². The second-order valence-electron chi connectivity index (χ2n) is 6.93. The molecule has 0 spiro atoms. The van der Waals surface area contributed by atoms with Crippen molar-refractivity contribution in [3.05, 3.63) is 88.2 Å². The summed E-state index contributed by atoms with van der Waals surface area (Å²) < 4.78 is 1.95. The second-order valence-corrected chi connectivity index (χ2v) is 7.73. The van der Waals surface area contributed by atoms with E-state index >= 15 is 0 Å². The molecule has 1 fully saturated rings. The van der Waals surface area contributed by atoms with Crippen LogP contribution in [0.2, 0.25) is 5.02 Å². The van der Waals surface area contributed by atoms with Crippen LogP contribution in [-0.4, -0.2) is 21.5 Å². The summed E-state index contributed by atoms with van der Waals surface area (Å²) in [6.45, 7) is 4.08. The van der Waals surface area contributed by atoms with Crippen molar-refractivity contribution >= 4 is 52.5 Å². The van der Waals surface area contributed by atoms with Gasteiger partial charge in [0.15, 0.2) is 5.11 Å². The van der Waals surface area contributed by atoms with E-state index in [2.05, 4.69) is 5.32 Å². The van der Waals surface area contributed by atoms with Gasteiger partial charge in [-0.2, -0.15) is 0 Å². The zero-order chi connectivity index (χ0) is 21.4. The minimum absolute atomic E-state index is 0.000149. The fourth-order valence-electron chi connectivity index (χ4n) is 3.38. The number of benzene rings is 2. The Hall–Kier alpha value is -3.22. The lowest BCUT2D eigenvalue weighted by Crippen LogP contribution is -2.54. The van der Waals surface area contributed by atoms with E-state index in [9.17, 15) is 9.59 Å². The molecule has 0 bridgehead atoms. The topological polar surface area (TPSA) is 54.3 Å². The Bertz CT molecular complexity index is 1230. The first-order valence-corrected chi connectivity index (χ1v) is 10.1. The molecule has 3 aromatic rings. The van der Waals surface area contributed by atoms with Crippen LogP contribution >= 0.6 is 23.8 Å². The number of para-hydroxylation sites is 1. The van der Waals surface area contributed by atoms with Gasteiger partial charge in [-0.1, -0.05) is 35.9 Å². The molecule has 2 heterocycles. The average molecular weight is 436 g/mol. The Morgan fingerprint density at radius 3 is 2.47 bits per heavy atom. The number of thiocarbonyl (C=S) groups is 1. The summed E-state index contributed by atoms with van der Waals surface area (Å²) in [5.41, 5.74) is 4.36. The van der Waals surface area contributed by atoms with Crippen molar-refractivity contribution in [2.75, 3.05) is 4.90 Å². The first kappa shape index (κ1) is 20.1. The lowest BCUT2D eigenvalue weighted by Gasteiger charge is -2.29. The van der Waals surface area contributed by atoms with Crippen LogP contribution in [0.1, 0.15) is 16.8 Å². The number of nitrogens with zero attached hydrogens (tertiary/aromatic N) is 2. The van der Waals surface area contributed by atoms with Gasteiger partial charge in [0.1, 0.15) is 5.57 Å². The molecule has 0 atom stereocenters. The highest BCUT2D eigenvalue weighted by atomic mass is 35.5. The molecular weight excluding hydrogens is 418 g/mol. The van der Waals surface area contributed by atoms with E-state index in [1.807, 2.05) is 54.9 Å². The van der Waals surface area contributed by atoms with E-state index in [-0.39, 0.29) is 10.7 Å². The van der Waals surface area contributed by atoms with Crippen molar-refractivity contribution in [3.8, 4) is 5.69 Å². The zero-order valence-electron chi connectivity index (χ0n) is 16.3. The summed E-state index contributed by atoms with van der Waals surface area (Å²) in [4.78, 5) is 27.1. The van der Waals surface area contributed by atoms with Crippen molar-refractivity contribution in [1.82, 2.24) is 9.88 Å². The SMILES string of the molecule is Cc1cccc(-n2cccc2/C=C2\C(=O)NC(=S)N(c3ccccc3Cl)C2=O)c1C. The van der Waals surface area contributed by atoms with Gasteiger partial charge in [-0.05, 0) is 73.6 Å². The van der Waals surface area contributed by atoms with Crippen LogP contribution < -0.4 is 10.2 Å². The highest BCUT2D eigenvalue weighted by Gasteiger charge is 2.35. The predicted molar refractivity (Wildman–Crippen MR) is 123 cm³/mol. The zero-order valence-corrected chi connectivity index (χ0v) is 17.9. The van der Waals surface area contributed by atoms with Crippen LogP contribution in [0.4, 0.5) is 5.69 Å². The Labute approximate surface area is 184 Å². The number of halogens is 1. The third-order valence-corrected chi connectivity index (χ3v) is 5.71. The van der Waals surface area contributed by atoms with Gasteiger partial charge in [0.2, 0.25) is 0 Å². The molecule has 2 aromatic carbocycles. The predicted octanol–water partition coefficient (Wildman–Crippen LogP) is 4.58. The Balaban J connectivity index is 1.79. The molecule has 5 nitrogen and oxygen atoms in total. The summed E-state index contributed by atoms with van der Waals surface area (Å²) in [5.74, 6) is -1.06. The van der Waals surface area contributed by atoms with Crippen molar-refractivity contribution in [2.24, 2.45) is 0 Å². The van der Waals surface area contributed by atoms with Gasteiger partial charge in [0.05, 0.1) is 10.7 Å². The maximum Gasteiger partial charge on any atom is 0.270 e. The number of nitrogens with one attached hydrogen (secondary N) is 1. The molecule has 1 saturated heterocycles. The Kier molecular flexibility index (Phi) is 5.28. The lowest BCUT2D eigenvalue weighted by molar-refractivity contribution is -0.122. The molecule has 1 N–H and O–H groups in total. The first-order chi connectivity index (χ1) is 14.4. The van der Waals surface area contributed by atoms with Crippen LogP contribution in [0.25, 0.3) is 11.8 Å². The van der Waals surface area contributed by atoms with E-state index < -0.39 is 11.8 Å². The molecule has 1 aromatic heterocycles. The number of hydrogen-bond acceptors (Lipinski definition) is 3. The number of amides is 2. The highest BCUT2D eigenvalue weighted by molar-refractivity contribution is 7.80. The van der Waals surface area contributed by atoms with Gasteiger partial charge >= 0.3 is 0 Å². The average Bonchev–Trinajstić information content (AvgIpc) is 3.16. The maximum atomic E-state index is 13.2. The number of anilines is 1. The monoisotopic (exact) mass is 435 g/mol. The standard InChI is InChI=1S/C23H18ClN3O2S/c1-14-7-5-11-19(15(14)2)26-12-6-8-16(26)13-17-21(28)25-23(30)27(22(17)29)20-10-4-3-9-18(20)24/h3-13H,1-2H3,(H,25,28,30)/b17-13+. The van der Waals surface area contributed by atoms with Crippen molar-refractivity contribution in [3.63, 3.8) is 0 Å². The lowest BCUT2D eigenvalue weighted by atomic mass is 10.1. The van der Waals surface area contributed by atoms with E-state index in [1.165, 1.54) is 4.90 Å². The van der Waals surface area contributed by atoms with Crippen LogP contribution in [-0.2, 0) is 9.59 Å². The molecule has 4 rings (SSSR count). The number of rotatable bonds is 3. The van der Waals surface area contributed by atoms with Gasteiger partial charge in [0.25, 0.3) is 11.8 Å².